The van der Waals surface area contributed by atoms with E-state index in [-0.39, 0.29) is 0 Å². The molecule has 0 amide bonds. The van der Waals surface area contributed by atoms with Crippen molar-refractivity contribution in [3.63, 3.8) is 0 Å². The van der Waals surface area contributed by atoms with Crippen LogP contribution in [0.25, 0.3) is 5.57 Å². The fraction of sp³-hybridized carbons (Fsp3) is 0. The zero-order valence-electron chi connectivity index (χ0n) is 8.24. The summed E-state index contributed by atoms with van der Waals surface area (Å²) in [7, 11) is 0. The Bertz CT molecular complexity index is 430. The average Bonchev–Trinajstić information content (AvgIpc) is 2.26. The van der Waals surface area contributed by atoms with Crippen molar-refractivity contribution >= 4 is 22.4 Å². The molecule has 0 aromatic heterocycles. The normalized spacial score (nSPS) is 10.9. The van der Waals surface area contributed by atoms with Crippen LogP contribution in [0.1, 0.15) is 15.9 Å². The minimum atomic E-state index is -0.470. The molecule has 0 unspecified atom stereocenters. The third-order valence-electron chi connectivity index (χ3n) is 1.97. The second kappa shape index (κ2) is 5.32. The van der Waals surface area contributed by atoms with E-state index in [1.165, 1.54) is 0 Å². The van der Waals surface area contributed by atoms with Gasteiger partial charge in [-0.25, -0.2) is 0 Å². The first-order chi connectivity index (χ1) is 7.20. The number of carbonyl (C=O) groups excluding carboxylic acids is 1. The summed E-state index contributed by atoms with van der Waals surface area (Å²) >= 11 is 5.48. The van der Waals surface area contributed by atoms with E-state index in [0.717, 1.165) is 11.1 Å². The highest BCUT2D eigenvalue weighted by atomic mass is 35.5. The molecule has 0 N–H and O–H groups in total. The van der Waals surface area contributed by atoms with E-state index in [4.69, 9.17) is 11.6 Å². The predicted molar refractivity (Wildman–Crippen MR) is 65.0 cm³/mol. The molecule has 2 heteroatoms. The molecule has 1 rings (SSSR count). The van der Waals surface area contributed by atoms with E-state index in [2.05, 4.69) is 13.2 Å². The second-order valence-electron chi connectivity index (χ2n) is 2.88. The Labute approximate surface area is 94.4 Å². The Hall–Kier alpha value is -1.60. The molecule has 0 aliphatic heterocycles. The molecule has 0 bridgehead atoms. The second-order valence-corrected chi connectivity index (χ2v) is 3.22. The maximum Gasteiger partial charge on any atom is 0.253 e. The highest BCUT2D eigenvalue weighted by molar-refractivity contribution is 6.68. The van der Waals surface area contributed by atoms with Crippen molar-refractivity contribution in [1.82, 2.24) is 0 Å². The van der Waals surface area contributed by atoms with Gasteiger partial charge in [0.2, 0.25) is 0 Å². The summed E-state index contributed by atoms with van der Waals surface area (Å²) in [6.45, 7) is 7.29. The van der Waals surface area contributed by atoms with E-state index in [9.17, 15) is 4.79 Å². The first kappa shape index (κ1) is 11.5. The van der Waals surface area contributed by atoms with Crippen LogP contribution in [0, 0.1) is 0 Å². The number of rotatable bonds is 4. The van der Waals surface area contributed by atoms with Crippen LogP contribution in [0.2, 0.25) is 0 Å². The SMILES string of the molecule is C=C/C=C(\C=C)c1ccccc1C(=O)Cl. The average molecular weight is 219 g/mol. The van der Waals surface area contributed by atoms with Crippen LogP contribution in [0.4, 0.5) is 0 Å². The Morgan fingerprint density at radius 1 is 1.20 bits per heavy atom. The van der Waals surface area contributed by atoms with Crippen LogP contribution < -0.4 is 0 Å². The lowest BCUT2D eigenvalue weighted by molar-refractivity contribution is 0.108. The molecule has 1 nitrogen and oxygen atoms in total. The van der Waals surface area contributed by atoms with Crippen molar-refractivity contribution in [3.05, 3.63) is 66.8 Å². The third kappa shape index (κ3) is 2.67. The monoisotopic (exact) mass is 218 g/mol. The van der Waals surface area contributed by atoms with E-state index >= 15 is 0 Å². The maximum absolute atomic E-state index is 11.2. The van der Waals surface area contributed by atoms with Crippen molar-refractivity contribution in [2.24, 2.45) is 0 Å². The number of allylic oxidation sites excluding steroid dienone is 4. The predicted octanol–water partition coefficient (Wildman–Crippen LogP) is 3.82. The number of hydrogen-bond donors (Lipinski definition) is 0. The molecular formula is C13H11ClO. The third-order valence-corrected chi connectivity index (χ3v) is 2.17. The van der Waals surface area contributed by atoms with Crippen molar-refractivity contribution in [2.75, 3.05) is 0 Å². The number of benzene rings is 1. The lowest BCUT2D eigenvalue weighted by Crippen LogP contribution is -1.95. The number of carbonyl (C=O) groups is 1. The Kier molecular flexibility index (Phi) is 4.07. The Morgan fingerprint density at radius 3 is 2.27 bits per heavy atom. The number of hydrogen-bond acceptors (Lipinski definition) is 1. The smallest absolute Gasteiger partial charge is 0.253 e. The van der Waals surface area contributed by atoms with Crippen LogP contribution in [0.3, 0.4) is 0 Å². The summed E-state index contributed by atoms with van der Waals surface area (Å²) in [5.74, 6) is 0. The zero-order valence-corrected chi connectivity index (χ0v) is 9.00. The first-order valence-electron chi connectivity index (χ1n) is 4.45. The van der Waals surface area contributed by atoms with Gasteiger partial charge in [0.05, 0.1) is 0 Å². The lowest BCUT2D eigenvalue weighted by Gasteiger charge is -2.05. The molecule has 0 spiro atoms. The van der Waals surface area contributed by atoms with Crippen LogP contribution in [0.5, 0.6) is 0 Å². The van der Waals surface area contributed by atoms with E-state index in [1.54, 1.807) is 30.4 Å². The fourth-order valence-corrected chi connectivity index (χ4v) is 1.47. The molecule has 0 atom stereocenters. The van der Waals surface area contributed by atoms with Gasteiger partial charge in [-0.3, -0.25) is 4.79 Å². The van der Waals surface area contributed by atoms with Crippen molar-refractivity contribution in [3.8, 4) is 0 Å². The Balaban J connectivity index is 3.35. The van der Waals surface area contributed by atoms with E-state index in [0.29, 0.717) is 5.56 Å². The van der Waals surface area contributed by atoms with Gasteiger partial charge in [-0.2, -0.15) is 0 Å². The molecule has 0 saturated heterocycles. The summed E-state index contributed by atoms with van der Waals surface area (Å²) in [5.41, 5.74) is 2.08. The molecule has 1 aromatic carbocycles. The van der Waals surface area contributed by atoms with Gasteiger partial charge in [0, 0.05) is 5.56 Å². The lowest BCUT2D eigenvalue weighted by atomic mass is 10.00. The molecule has 1 aromatic rings. The first-order valence-corrected chi connectivity index (χ1v) is 4.83. The van der Waals surface area contributed by atoms with Gasteiger partial charge in [0.1, 0.15) is 0 Å². The van der Waals surface area contributed by atoms with Crippen LogP contribution in [-0.2, 0) is 0 Å². The number of halogens is 1. The zero-order chi connectivity index (χ0) is 11.3. The Morgan fingerprint density at radius 2 is 1.80 bits per heavy atom. The molecule has 0 heterocycles. The summed E-state index contributed by atoms with van der Waals surface area (Å²) in [4.78, 5) is 11.2. The minimum Gasteiger partial charge on any atom is -0.276 e. The summed E-state index contributed by atoms with van der Waals surface area (Å²) in [5, 5.41) is -0.470. The van der Waals surface area contributed by atoms with Gasteiger partial charge in [0.25, 0.3) is 5.24 Å². The van der Waals surface area contributed by atoms with Gasteiger partial charge in [-0.15, -0.1) is 0 Å². The van der Waals surface area contributed by atoms with Crippen molar-refractivity contribution < 1.29 is 4.79 Å². The van der Waals surface area contributed by atoms with Crippen LogP contribution in [-0.4, -0.2) is 5.24 Å². The molecule has 0 radical (unpaired) electrons. The quantitative estimate of drug-likeness (QED) is 0.555. The molecule has 0 aliphatic rings. The highest BCUT2D eigenvalue weighted by Gasteiger charge is 2.09. The fourth-order valence-electron chi connectivity index (χ4n) is 1.30. The topological polar surface area (TPSA) is 17.1 Å². The van der Waals surface area contributed by atoms with E-state index < -0.39 is 5.24 Å². The molecule has 0 aliphatic carbocycles. The largest absolute Gasteiger partial charge is 0.276 e. The van der Waals surface area contributed by atoms with Gasteiger partial charge in [-0.1, -0.05) is 49.6 Å². The standard InChI is InChI=1S/C13H11ClO/c1-3-7-10(4-2)11-8-5-6-9-12(11)13(14)15/h3-9H,1-2H2/b10-7+. The van der Waals surface area contributed by atoms with Gasteiger partial charge in [0.15, 0.2) is 0 Å². The summed E-state index contributed by atoms with van der Waals surface area (Å²) in [6.07, 6.45) is 5.10. The minimum absolute atomic E-state index is 0.470. The van der Waals surface area contributed by atoms with Crippen LogP contribution >= 0.6 is 11.6 Å². The molecule has 0 saturated carbocycles. The maximum atomic E-state index is 11.2. The van der Waals surface area contributed by atoms with Gasteiger partial charge < -0.3 is 0 Å². The van der Waals surface area contributed by atoms with Crippen molar-refractivity contribution in [1.29, 1.82) is 0 Å². The van der Waals surface area contributed by atoms with E-state index in [1.807, 2.05) is 12.1 Å². The van der Waals surface area contributed by atoms with Crippen LogP contribution in [0.15, 0.2) is 55.7 Å². The van der Waals surface area contributed by atoms with Gasteiger partial charge in [-0.05, 0) is 28.8 Å². The summed E-state index contributed by atoms with van der Waals surface area (Å²) in [6, 6.07) is 7.13. The summed E-state index contributed by atoms with van der Waals surface area (Å²) < 4.78 is 0. The molecular weight excluding hydrogens is 208 g/mol. The molecule has 0 fully saturated rings. The molecule has 15 heavy (non-hydrogen) atoms. The van der Waals surface area contributed by atoms with Gasteiger partial charge >= 0.3 is 0 Å². The molecule has 76 valence electrons. The highest BCUT2D eigenvalue weighted by Crippen LogP contribution is 2.21. The van der Waals surface area contributed by atoms with Crippen molar-refractivity contribution in [2.45, 2.75) is 0 Å².